The Morgan fingerprint density at radius 1 is 1.25 bits per heavy atom. The predicted molar refractivity (Wildman–Crippen MR) is 46.0 cm³/mol. The van der Waals surface area contributed by atoms with E-state index in [1.807, 2.05) is 0 Å². The van der Waals surface area contributed by atoms with Crippen LogP contribution in [0.5, 0.6) is 0 Å². The van der Waals surface area contributed by atoms with Crippen molar-refractivity contribution in [3.05, 3.63) is 0 Å². The molecular weight excluding hydrogens is 174 g/mol. The normalized spacial score (nSPS) is 20.2. The molecule has 70 valence electrons. The topological polar surface area (TPSA) is 30.9 Å². The van der Waals surface area contributed by atoms with Crippen LogP contribution in [0.4, 0.5) is 0 Å². The smallest absolute Gasteiger partial charge is 0.216 e. The Morgan fingerprint density at radius 2 is 1.83 bits per heavy atom. The highest BCUT2D eigenvalue weighted by atomic mass is 28.2. The number of methoxy groups -OCH3 is 2. The number of hydrogen-bond donors (Lipinski definition) is 0. The Hall–Kier alpha value is 0.0569. The van der Waals surface area contributed by atoms with Crippen molar-refractivity contribution in [1.82, 2.24) is 4.57 Å². The molecule has 0 amide bonds. The van der Waals surface area contributed by atoms with Crippen molar-refractivity contribution < 1.29 is 14.2 Å². The summed E-state index contributed by atoms with van der Waals surface area (Å²) in [4.78, 5) is 0. The molecule has 1 heterocycles. The monoisotopic (exact) mass is 189 g/mol. The van der Waals surface area contributed by atoms with Gasteiger partial charge >= 0.3 is 0 Å². The van der Waals surface area contributed by atoms with Crippen LogP contribution in [0.25, 0.3) is 0 Å². The second-order valence-electron chi connectivity index (χ2n) is 2.53. The number of hydrogen-bond acceptors (Lipinski definition) is 4. The first-order valence-corrected chi connectivity index (χ1v) is 5.03. The Kier molecular flexibility index (Phi) is 4.78. The molecule has 0 saturated carbocycles. The van der Waals surface area contributed by atoms with E-state index in [9.17, 15) is 0 Å². The molecule has 1 saturated heterocycles. The van der Waals surface area contributed by atoms with Crippen molar-refractivity contribution in [2.75, 3.05) is 40.5 Å². The quantitative estimate of drug-likeness (QED) is 0.441. The molecule has 0 unspecified atom stereocenters. The molecule has 0 aromatic carbocycles. The molecule has 4 nitrogen and oxygen atoms in total. The summed E-state index contributed by atoms with van der Waals surface area (Å²) in [5.41, 5.74) is 0. The van der Waals surface area contributed by atoms with E-state index < -0.39 is 0 Å². The fourth-order valence-corrected chi connectivity index (χ4v) is 1.99. The maximum atomic E-state index is 5.23. The predicted octanol–water partition coefficient (Wildman–Crippen LogP) is -0.486. The zero-order valence-electron chi connectivity index (χ0n) is 7.58. The van der Waals surface area contributed by atoms with Gasteiger partial charge in [0.1, 0.15) is 0 Å². The van der Waals surface area contributed by atoms with E-state index >= 15 is 0 Å². The minimum absolute atomic E-state index is 0.0805. The van der Waals surface area contributed by atoms with E-state index in [0.29, 0.717) is 9.68 Å². The Labute approximate surface area is 75.7 Å². The van der Waals surface area contributed by atoms with Gasteiger partial charge in [-0.3, -0.25) is 0 Å². The van der Waals surface area contributed by atoms with Gasteiger partial charge in [0.05, 0.1) is 13.2 Å². The summed E-state index contributed by atoms with van der Waals surface area (Å²) in [7, 11) is 3.92. The summed E-state index contributed by atoms with van der Waals surface area (Å²) in [6.07, 6.45) is 0. The largest absolute Gasteiger partial charge is 0.379 e. The molecule has 0 bridgehead atoms. The number of ether oxygens (including phenoxy) is 3. The molecule has 1 rings (SSSR count). The highest BCUT2D eigenvalue weighted by Gasteiger charge is 2.17. The lowest BCUT2D eigenvalue weighted by atomic mass is 10.5. The van der Waals surface area contributed by atoms with E-state index in [-0.39, 0.29) is 5.91 Å². The molecule has 0 atom stereocenters. The van der Waals surface area contributed by atoms with Gasteiger partial charge in [0.15, 0.2) is 5.91 Å². The van der Waals surface area contributed by atoms with Crippen molar-refractivity contribution in [1.29, 1.82) is 0 Å². The van der Waals surface area contributed by atoms with E-state index in [4.69, 9.17) is 14.2 Å². The van der Waals surface area contributed by atoms with Gasteiger partial charge in [-0.2, -0.15) is 0 Å². The first-order chi connectivity index (χ1) is 5.86. The second kappa shape index (κ2) is 5.66. The van der Waals surface area contributed by atoms with E-state index in [0.717, 1.165) is 26.3 Å². The molecule has 0 spiro atoms. The minimum atomic E-state index is -0.0805. The zero-order valence-corrected chi connectivity index (χ0v) is 8.58. The average Bonchev–Trinajstić information content (AvgIpc) is 2.16. The average molecular weight is 189 g/mol. The molecule has 5 heteroatoms. The van der Waals surface area contributed by atoms with Crippen molar-refractivity contribution in [3.63, 3.8) is 0 Å². The molecule has 1 fully saturated rings. The van der Waals surface area contributed by atoms with Gasteiger partial charge in [-0.25, -0.2) is 0 Å². The molecule has 0 aliphatic carbocycles. The van der Waals surface area contributed by atoms with Crippen LogP contribution in [0.15, 0.2) is 0 Å². The molecule has 0 aromatic rings. The third-order valence-corrected chi connectivity index (χ3v) is 3.22. The fraction of sp³-hybridized carbons (Fsp3) is 1.00. The molecule has 1 aliphatic rings. The number of morpholine rings is 1. The third kappa shape index (κ3) is 3.20. The van der Waals surface area contributed by atoms with Crippen LogP contribution in [0.2, 0.25) is 0 Å². The lowest BCUT2D eigenvalue weighted by molar-refractivity contribution is -0.0508. The second-order valence-corrected chi connectivity index (χ2v) is 3.89. The van der Waals surface area contributed by atoms with Gasteiger partial charge in [0, 0.05) is 27.3 Å². The summed E-state index contributed by atoms with van der Waals surface area (Å²) < 4.78 is 17.8. The van der Waals surface area contributed by atoms with Gasteiger partial charge in [0.2, 0.25) is 9.68 Å². The van der Waals surface area contributed by atoms with Crippen LogP contribution in [0, 0.1) is 0 Å². The lowest BCUT2D eigenvalue weighted by Gasteiger charge is -2.28. The number of rotatable bonds is 4. The minimum Gasteiger partial charge on any atom is -0.379 e. The first-order valence-electron chi connectivity index (χ1n) is 4.01. The Morgan fingerprint density at radius 3 is 2.33 bits per heavy atom. The summed E-state index contributed by atoms with van der Waals surface area (Å²) in [5, 5.41) is 0. The van der Waals surface area contributed by atoms with Gasteiger partial charge < -0.3 is 18.8 Å². The van der Waals surface area contributed by atoms with Crippen molar-refractivity contribution in [2.45, 2.75) is 5.91 Å². The maximum Gasteiger partial charge on any atom is 0.216 e. The van der Waals surface area contributed by atoms with Gasteiger partial charge in [0.25, 0.3) is 0 Å². The molecular formula is C7H15NO3Si. The van der Waals surface area contributed by atoms with Gasteiger partial charge in [-0.1, -0.05) is 0 Å². The summed E-state index contributed by atoms with van der Waals surface area (Å²) >= 11 is 0. The zero-order chi connectivity index (χ0) is 8.81. The standard InChI is InChI=1S/C7H15NO3Si/c1-9-7(10-2)12-8-3-5-11-6-4-8/h7H,3-6H2,1-2H3. The summed E-state index contributed by atoms with van der Waals surface area (Å²) in [6, 6.07) is 0. The van der Waals surface area contributed by atoms with Crippen molar-refractivity contribution in [2.24, 2.45) is 0 Å². The van der Waals surface area contributed by atoms with Crippen molar-refractivity contribution in [3.8, 4) is 0 Å². The van der Waals surface area contributed by atoms with Gasteiger partial charge in [-0.15, -0.1) is 0 Å². The molecule has 0 aromatic heterocycles. The van der Waals surface area contributed by atoms with Crippen LogP contribution in [0.3, 0.4) is 0 Å². The van der Waals surface area contributed by atoms with Crippen molar-refractivity contribution >= 4 is 9.68 Å². The van der Waals surface area contributed by atoms with E-state index in [1.54, 1.807) is 14.2 Å². The number of nitrogens with zero attached hydrogens (tertiary/aromatic N) is 1. The van der Waals surface area contributed by atoms with Crippen LogP contribution in [-0.4, -0.2) is 60.7 Å². The molecule has 12 heavy (non-hydrogen) atoms. The van der Waals surface area contributed by atoms with E-state index in [1.165, 1.54) is 0 Å². The van der Waals surface area contributed by atoms with Crippen LogP contribution in [0.1, 0.15) is 0 Å². The Balaban J connectivity index is 2.18. The molecule has 1 aliphatic heterocycles. The maximum absolute atomic E-state index is 5.23. The van der Waals surface area contributed by atoms with E-state index in [2.05, 4.69) is 4.57 Å². The highest BCUT2D eigenvalue weighted by Crippen LogP contribution is 1.98. The molecule has 2 radical (unpaired) electrons. The summed E-state index contributed by atoms with van der Waals surface area (Å²) in [6.45, 7) is 3.63. The van der Waals surface area contributed by atoms with Crippen LogP contribution < -0.4 is 0 Å². The highest BCUT2D eigenvalue weighted by molar-refractivity contribution is 6.33. The van der Waals surface area contributed by atoms with Gasteiger partial charge in [-0.05, 0) is 0 Å². The first kappa shape index (κ1) is 10.1. The fourth-order valence-electron chi connectivity index (χ4n) is 1.04. The third-order valence-electron chi connectivity index (χ3n) is 1.73. The lowest BCUT2D eigenvalue weighted by Crippen LogP contribution is -2.44. The molecule has 0 N–H and O–H groups in total. The SMILES string of the molecule is COC(OC)[Si]N1CCOCC1. The summed E-state index contributed by atoms with van der Waals surface area (Å²) in [5.74, 6) is -0.0805. The van der Waals surface area contributed by atoms with Crippen LogP contribution in [-0.2, 0) is 14.2 Å². The Bertz CT molecular complexity index is 115. The van der Waals surface area contributed by atoms with Crippen LogP contribution >= 0.6 is 0 Å².